The van der Waals surface area contributed by atoms with Gasteiger partial charge in [-0.25, -0.2) is 4.70 Å². The van der Waals surface area contributed by atoms with E-state index in [0.29, 0.717) is 0 Å². The summed E-state index contributed by atoms with van der Waals surface area (Å²) in [5.74, 6) is 0. The fraction of sp³-hybridized carbons (Fsp3) is 0.833. The van der Waals surface area contributed by atoms with Crippen molar-refractivity contribution in [1.29, 1.82) is 0 Å². The van der Waals surface area contributed by atoms with Crippen molar-refractivity contribution in [2.45, 2.75) is 516 Å². The molecule has 1 aliphatic heterocycles. The fourth-order valence-electron chi connectivity index (χ4n) is 15.5. The van der Waals surface area contributed by atoms with E-state index in [0.717, 1.165) is 62.8 Å². The van der Waals surface area contributed by atoms with Crippen LogP contribution in [-0.2, 0) is 40.1 Å². The average molecular weight is 1420 g/mol. The molecule has 0 unspecified atom stereocenters. The van der Waals surface area contributed by atoms with Gasteiger partial charge in [0.1, 0.15) is 0 Å². The summed E-state index contributed by atoms with van der Waals surface area (Å²) in [6.45, 7) is 18.3. The Kier molecular flexibility index (Phi) is 67.3. The zero-order valence-electron chi connectivity index (χ0n) is 68.6. The molecule has 0 saturated carbocycles. The maximum absolute atomic E-state index is 12.3. The van der Waals surface area contributed by atoms with Crippen molar-refractivity contribution in [3.63, 3.8) is 0 Å². The monoisotopic (exact) mass is 1410 g/mol. The van der Waals surface area contributed by atoms with E-state index >= 15 is 0 Å². The molecule has 0 bridgehead atoms. The van der Waals surface area contributed by atoms with Gasteiger partial charge in [-0.1, -0.05) is 312 Å². The molecule has 0 saturated heterocycles. The van der Waals surface area contributed by atoms with Crippen molar-refractivity contribution in [3.05, 3.63) is 86.5 Å². The minimum atomic E-state index is 1.01. The second-order valence-corrected chi connectivity index (χ2v) is 33.2. The molecule has 0 atom stereocenters. The van der Waals surface area contributed by atoms with E-state index in [-0.39, 0.29) is 0 Å². The van der Waals surface area contributed by atoms with Crippen molar-refractivity contribution in [1.82, 2.24) is 0 Å². The molecule has 578 valence electrons. The van der Waals surface area contributed by atoms with Gasteiger partial charge in [-0.05, 0) is 111 Å². The molecule has 0 N–H and O–H groups in total. The van der Waals surface area contributed by atoms with Crippen LogP contribution in [0.4, 0.5) is 0 Å². The molecule has 2 aromatic carbocycles. The Balaban J connectivity index is 0.000000688. The first-order valence-electron chi connectivity index (χ1n) is 45.6. The Bertz CT molecular complexity index is 2040. The Morgan fingerprint density at radius 1 is 0.212 bits per heavy atom. The summed E-state index contributed by atoms with van der Waals surface area (Å²) >= 11 is 2.05. The average Bonchev–Trinajstić information content (AvgIpc) is 1.61. The second-order valence-electron chi connectivity index (χ2n) is 31.7. The minimum Gasteiger partial charge on any atom is -0.0654 e. The number of rotatable bonds is 74. The zero-order chi connectivity index (χ0) is 71.2. The van der Waals surface area contributed by atoms with Gasteiger partial charge in [-0.2, -0.15) is 0 Å². The molecule has 2 aromatic rings. The normalized spacial score (nSPS) is 12.5. The van der Waals surface area contributed by atoms with Crippen LogP contribution in [0.15, 0.2) is 47.5 Å². The van der Waals surface area contributed by atoms with Crippen molar-refractivity contribution in [2.24, 2.45) is 0 Å². The topological polar surface area (TPSA) is 25.3 Å². The first-order valence-corrected chi connectivity index (χ1v) is 47.0. The number of hydrogen-bond donors (Lipinski definition) is 0. The van der Waals surface area contributed by atoms with Crippen molar-refractivity contribution in [2.75, 3.05) is 0 Å². The van der Waals surface area contributed by atoms with Gasteiger partial charge in [-0.15, -0.1) is 0 Å². The molecule has 0 aromatic heterocycles. The predicted molar refractivity (Wildman–Crippen MR) is 445 cm³/mol. The van der Waals surface area contributed by atoms with Crippen LogP contribution in [0.5, 0.6) is 0 Å². The molecule has 0 amide bonds. The summed E-state index contributed by atoms with van der Waals surface area (Å²) in [4.78, 5) is 0. The number of benzene rings is 2. The van der Waals surface area contributed by atoms with E-state index in [9.17, 15) is 5.53 Å². The molecule has 2 nitrogen and oxygen atoms in total. The Hall–Kier alpha value is -1.99. The van der Waals surface area contributed by atoms with Crippen molar-refractivity contribution >= 4 is 11.4 Å². The van der Waals surface area contributed by atoms with Gasteiger partial charge in [0, 0.05) is 22.3 Å². The van der Waals surface area contributed by atoms with E-state index in [2.05, 4.69) is 106 Å². The quantitative estimate of drug-likeness (QED) is 0.0358. The van der Waals surface area contributed by atoms with Gasteiger partial charge in [0.2, 0.25) is 11.4 Å². The van der Waals surface area contributed by atoms with Gasteiger partial charge in [0.15, 0.2) is 0 Å². The van der Waals surface area contributed by atoms with Crippen molar-refractivity contribution in [3.8, 4) is 0 Å². The van der Waals surface area contributed by atoms with E-state index in [1.807, 2.05) is 0 Å². The second kappa shape index (κ2) is 71.6. The van der Waals surface area contributed by atoms with E-state index < -0.39 is 0 Å². The minimum absolute atomic E-state index is 1.01. The Labute approximate surface area is 628 Å². The first-order chi connectivity index (χ1) is 48.9. The van der Waals surface area contributed by atoms with Crippen LogP contribution in [0.25, 0.3) is 16.9 Å². The SMILES string of the molecule is CCCCCCCCC1=C(c2cc(CCCCC)cc(CCCCC)c2)[N+](=[N-])C(c2cc(CC)cc(CC)c2)=C1CCCC.CCCCCCCCCCCCCCCCCCCCCCCCCC[CH2][Ni][CH2]CCCCCCCCCCCCCCCCCCCCCCCCCC. The third-order valence-corrected chi connectivity index (χ3v) is 23.6. The van der Waals surface area contributed by atoms with Gasteiger partial charge in [0.25, 0.3) is 0 Å². The van der Waals surface area contributed by atoms with Crippen LogP contribution in [0, 0.1) is 0 Å². The van der Waals surface area contributed by atoms with Gasteiger partial charge < -0.3 is 5.53 Å². The first kappa shape index (κ1) is 93.1. The number of hydrogen-bond acceptors (Lipinski definition) is 0. The number of unbranched alkanes of at least 4 members (excludes halogenated alkanes) is 58. The summed E-state index contributed by atoms with van der Waals surface area (Å²) in [7, 11) is 0. The van der Waals surface area contributed by atoms with Crippen LogP contribution < -0.4 is 0 Å². The smallest absolute Gasteiger partial charge is 0.0654 e. The number of aryl methyl sites for hydroxylation is 4. The molecule has 1 heterocycles. The molecular formula is C96H174N2Ni. The summed E-state index contributed by atoms with van der Waals surface area (Å²) < 4.78 is 1.63. The molecule has 0 radical (unpaired) electrons. The Morgan fingerprint density at radius 3 is 0.657 bits per heavy atom. The maximum atomic E-state index is 12.3. The van der Waals surface area contributed by atoms with E-state index in [1.54, 1.807) is 4.70 Å². The molecular weight excluding hydrogens is 1240 g/mol. The molecule has 0 aliphatic carbocycles. The van der Waals surface area contributed by atoms with Gasteiger partial charge in [-0.3, -0.25) is 0 Å². The van der Waals surface area contributed by atoms with E-state index in [4.69, 9.17) is 0 Å². The van der Waals surface area contributed by atoms with Gasteiger partial charge >= 0.3 is 166 Å². The summed E-state index contributed by atoms with van der Waals surface area (Å²) in [5.41, 5.74) is 25.2. The van der Waals surface area contributed by atoms with Crippen LogP contribution in [0.1, 0.15) is 513 Å². The number of nitrogens with zero attached hydrogens (tertiary/aromatic N) is 2. The zero-order valence-corrected chi connectivity index (χ0v) is 69.6. The van der Waals surface area contributed by atoms with Crippen LogP contribution >= 0.6 is 0 Å². The Morgan fingerprint density at radius 2 is 0.404 bits per heavy atom. The van der Waals surface area contributed by atoms with Gasteiger partial charge in [0.05, 0.1) is 0 Å². The molecule has 0 fully saturated rings. The van der Waals surface area contributed by atoms with Crippen LogP contribution in [-0.4, -0.2) is 4.70 Å². The molecule has 0 spiro atoms. The molecule has 1 aliphatic rings. The fourth-order valence-corrected chi connectivity index (χ4v) is 16.8. The molecule has 99 heavy (non-hydrogen) atoms. The summed E-state index contributed by atoms with van der Waals surface area (Å²) in [6.07, 6.45) is 98.0. The molecule has 3 heteroatoms. The standard InChI is InChI=1S/C42H64N2.2C27H55.Ni/c1-7-13-17-18-19-22-26-40-39(25-16-10-4)41(37-29-33(11-5)27-34(12-6)30-37)44(43)42(40)38-31-35(23-20-14-8-2)28-36(32-38)24-21-15-9-3;2*1-3-5-7-9-11-13-15-17-19-21-23-25-27-26-24-22-20-18-16-14-12-10-8-6-4-2;/h27-32H,7-26H2,1-6H3;2*1,3-27H2,2H3;. The van der Waals surface area contributed by atoms with Crippen LogP contribution in [0.3, 0.4) is 0 Å². The van der Waals surface area contributed by atoms with E-state index in [1.165, 1.54) is 453 Å². The predicted octanol–water partition coefficient (Wildman–Crippen LogP) is 34.8. The third kappa shape index (κ3) is 51.8. The number of allylic oxidation sites excluding steroid dienone is 2. The van der Waals surface area contributed by atoms with Crippen molar-refractivity contribution < 1.29 is 19.1 Å². The summed E-state index contributed by atoms with van der Waals surface area (Å²) in [5, 5.41) is 2.87. The molecule has 3 rings (SSSR count). The third-order valence-electron chi connectivity index (χ3n) is 22.2. The summed E-state index contributed by atoms with van der Waals surface area (Å²) in [6, 6.07) is 14.3. The van der Waals surface area contributed by atoms with Crippen LogP contribution in [0.2, 0.25) is 10.8 Å².